The number of anilines is 1. The molecular formula is C20H13N7O5S3. The molecule has 5 rings (SSSR count). The molecule has 0 aliphatic carbocycles. The number of thiazole rings is 1. The average Bonchev–Trinajstić information content (AvgIpc) is 3.47. The zero-order chi connectivity index (χ0) is 24.6. The predicted octanol–water partition coefficient (Wildman–Crippen LogP) is 3.43. The number of carbonyl (C=O) groups is 1. The number of aromatic nitrogens is 5. The molecule has 1 amide bonds. The minimum atomic E-state index is -3.94. The van der Waals surface area contributed by atoms with Gasteiger partial charge in [0.15, 0.2) is 10.8 Å². The van der Waals surface area contributed by atoms with E-state index in [-0.39, 0.29) is 25.7 Å². The summed E-state index contributed by atoms with van der Waals surface area (Å²) >= 11 is 1.85. The minimum Gasteiger partial charge on any atom is -0.338 e. The van der Waals surface area contributed by atoms with Crippen LogP contribution in [0.1, 0.15) is 0 Å². The lowest BCUT2D eigenvalue weighted by molar-refractivity contribution is -0.384. The third-order valence-electron chi connectivity index (χ3n) is 4.79. The first-order valence-corrected chi connectivity index (χ1v) is 13.1. The zero-order valence-electron chi connectivity index (χ0n) is 17.4. The highest BCUT2D eigenvalue weighted by Crippen LogP contribution is 2.30. The number of para-hydroxylation sites is 1. The third kappa shape index (κ3) is 4.55. The van der Waals surface area contributed by atoms with Crippen molar-refractivity contribution in [2.45, 2.75) is 14.3 Å². The summed E-state index contributed by atoms with van der Waals surface area (Å²) in [6.45, 7) is 0. The molecule has 2 N–H and O–H groups in total. The lowest BCUT2D eigenvalue weighted by atomic mass is 10.2. The van der Waals surface area contributed by atoms with E-state index in [1.165, 1.54) is 0 Å². The first kappa shape index (κ1) is 22.8. The van der Waals surface area contributed by atoms with Crippen molar-refractivity contribution in [2.75, 3.05) is 11.1 Å². The molecule has 0 saturated carbocycles. The van der Waals surface area contributed by atoms with Gasteiger partial charge in [-0.05, 0) is 18.2 Å². The Morgan fingerprint density at radius 2 is 1.91 bits per heavy atom. The SMILES string of the molecule is O=C(CSc1nnc2c(n1)[nH]c1ccccc12)Nc1ncc(S(=O)(=O)c2ccc([N+](=O)[O-])cc2)s1. The number of benzene rings is 2. The number of nitrogens with one attached hydrogen (secondary N) is 2. The standard InChI is InChI=1S/C20H13N7O5S3/c28-15(10-33-20-24-18-17(25-26-20)13-3-1-2-4-14(13)22-18)23-19-21-9-16(34-19)35(31,32)12-7-5-11(6-8-12)27(29)30/h1-9H,10H2,(H,21,23,28)(H,22,24,26). The minimum absolute atomic E-state index is 0.0442. The van der Waals surface area contributed by atoms with Gasteiger partial charge < -0.3 is 10.3 Å². The van der Waals surface area contributed by atoms with Crippen LogP contribution in [-0.2, 0) is 14.6 Å². The van der Waals surface area contributed by atoms with Crippen LogP contribution in [0.5, 0.6) is 0 Å². The third-order valence-corrected chi connectivity index (χ3v) is 8.77. The van der Waals surface area contributed by atoms with E-state index in [0.29, 0.717) is 16.3 Å². The van der Waals surface area contributed by atoms with Crippen LogP contribution in [-0.4, -0.2) is 50.2 Å². The van der Waals surface area contributed by atoms with Crippen LogP contribution in [0.25, 0.3) is 22.1 Å². The maximum atomic E-state index is 12.8. The number of nitrogens with zero attached hydrogens (tertiary/aromatic N) is 5. The van der Waals surface area contributed by atoms with E-state index in [2.05, 4.69) is 30.5 Å². The molecule has 0 atom stereocenters. The van der Waals surface area contributed by atoms with Gasteiger partial charge in [-0.25, -0.2) is 18.4 Å². The molecule has 2 aromatic carbocycles. The molecule has 0 fully saturated rings. The van der Waals surface area contributed by atoms with Gasteiger partial charge in [-0.2, -0.15) is 0 Å². The highest BCUT2D eigenvalue weighted by molar-refractivity contribution is 7.99. The molecule has 35 heavy (non-hydrogen) atoms. The summed E-state index contributed by atoms with van der Waals surface area (Å²) < 4.78 is 25.4. The number of non-ortho nitro benzene ring substituents is 1. The smallest absolute Gasteiger partial charge is 0.269 e. The van der Waals surface area contributed by atoms with Gasteiger partial charge in [-0.3, -0.25) is 14.9 Å². The van der Waals surface area contributed by atoms with Gasteiger partial charge in [-0.1, -0.05) is 41.3 Å². The van der Waals surface area contributed by atoms with E-state index in [9.17, 15) is 23.3 Å². The zero-order valence-corrected chi connectivity index (χ0v) is 19.9. The Bertz CT molecular complexity index is 1700. The molecule has 3 aromatic heterocycles. The second kappa shape index (κ2) is 9.01. The van der Waals surface area contributed by atoms with Crippen molar-refractivity contribution in [3.63, 3.8) is 0 Å². The highest BCUT2D eigenvalue weighted by Gasteiger charge is 2.22. The van der Waals surface area contributed by atoms with Crippen LogP contribution >= 0.6 is 23.1 Å². The highest BCUT2D eigenvalue weighted by atomic mass is 32.2. The van der Waals surface area contributed by atoms with Gasteiger partial charge in [0, 0.05) is 23.0 Å². The Morgan fingerprint density at radius 3 is 2.69 bits per heavy atom. The predicted molar refractivity (Wildman–Crippen MR) is 129 cm³/mol. The summed E-state index contributed by atoms with van der Waals surface area (Å²) in [4.78, 5) is 33.9. The molecule has 0 aliphatic heterocycles. The summed E-state index contributed by atoms with van der Waals surface area (Å²) in [6, 6.07) is 12.1. The number of hydrogen-bond acceptors (Lipinski definition) is 11. The Kier molecular flexibility index (Phi) is 5.88. The molecule has 0 bridgehead atoms. The van der Waals surface area contributed by atoms with Gasteiger partial charge in [0.2, 0.25) is 20.9 Å². The maximum Gasteiger partial charge on any atom is 0.269 e. The fraction of sp³-hybridized carbons (Fsp3) is 0.0500. The Balaban J connectivity index is 1.24. The van der Waals surface area contributed by atoms with Crippen LogP contribution in [0.4, 0.5) is 10.8 Å². The number of rotatable bonds is 7. The van der Waals surface area contributed by atoms with Crippen LogP contribution in [0.2, 0.25) is 0 Å². The number of sulfone groups is 1. The van der Waals surface area contributed by atoms with Crippen molar-refractivity contribution in [2.24, 2.45) is 0 Å². The number of fused-ring (bicyclic) bond motifs is 3. The van der Waals surface area contributed by atoms with Crippen LogP contribution in [0, 0.1) is 10.1 Å². The molecule has 0 saturated heterocycles. The average molecular weight is 528 g/mol. The number of nitro groups is 1. The molecule has 12 nitrogen and oxygen atoms in total. The van der Waals surface area contributed by atoms with Crippen LogP contribution in [0.3, 0.4) is 0 Å². The molecule has 0 unspecified atom stereocenters. The van der Waals surface area contributed by atoms with E-state index in [1.807, 2.05) is 24.3 Å². The number of nitro benzene ring substituents is 1. The van der Waals surface area contributed by atoms with Gasteiger partial charge in [0.05, 0.1) is 21.8 Å². The maximum absolute atomic E-state index is 12.8. The normalized spacial score (nSPS) is 11.7. The number of hydrogen-bond donors (Lipinski definition) is 2. The molecular weight excluding hydrogens is 514 g/mol. The first-order chi connectivity index (χ1) is 16.8. The van der Waals surface area contributed by atoms with Gasteiger partial charge in [0.25, 0.3) is 5.69 Å². The quantitative estimate of drug-likeness (QED) is 0.181. The fourth-order valence-electron chi connectivity index (χ4n) is 3.16. The van der Waals surface area contributed by atoms with Crippen molar-refractivity contribution in [1.29, 1.82) is 0 Å². The largest absolute Gasteiger partial charge is 0.338 e. The molecule has 15 heteroatoms. The topological polar surface area (TPSA) is 174 Å². The van der Waals surface area contributed by atoms with E-state index in [4.69, 9.17) is 0 Å². The number of thioether (sulfide) groups is 1. The second-order valence-corrected chi connectivity index (χ2v) is 11.2. The van der Waals surface area contributed by atoms with E-state index < -0.39 is 20.7 Å². The molecule has 0 spiro atoms. The summed E-state index contributed by atoms with van der Waals surface area (Å²) in [5.41, 5.74) is 1.86. The molecule has 5 aromatic rings. The monoisotopic (exact) mass is 527 g/mol. The van der Waals surface area contributed by atoms with Gasteiger partial charge in [0.1, 0.15) is 9.73 Å². The fourth-order valence-corrected chi connectivity index (χ4v) is 6.19. The van der Waals surface area contributed by atoms with Gasteiger partial charge in [-0.15, -0.1) is 10.2 Å². The van der Waals surface area contributed by atoms with Crippen molar-refractivity contribution >= 4 is 71.7 Å². The van der Waals surface area contributed by atoms with Crippen LogP contribution in [0.15, 0.2) is 69.0 Å². The molecule has 3 heterocycles. The summed E-state index contributed by atoms with van der Waals surface area (Å²) in [6.07, 6.45) is 1.13. The number of carbonyl (C=O) groups excluding carboxylic acids is 1. The Morgan fingerprint density at radius 1 is 1.14 bits per heavy atom. The van der Waals surface area contributed by atoms with E-state index >= 15 is 0 Å². The summed E-state index contributed by atoms with van der Waals surface area (Å²) in [5, 5.41) is 22.9. The molecule has 0 aliphatic rings. The summed E-state index contributed by atoms with van der Waals surface area (Å²) in [7, 11) is -3.94. The van der Waals surface area contributed by atoms with E-state index in [1.54, 1.807) is 0 Å². The van der Waals surface area contributed by atoms with Crippen molar-refractivity contribution < 1.29 is 18.1 Å². The van der Waals surface area contributed by atoms with Crippen molar-refractivity contribution in [3.8, 4) is 0 Å². The number of H-pyrrole nitrogens is 1. The molecule has 176 valence electrons. The lowest BCUT2D eigenvalue weighted by Crippen LogP contribution is -2.14. The Hall–Kier alpha value is -3.95. The van der Waals surface area contributed by atoms with E-state index in [0.717, 1.165) is 64.5 Å². The first-order valence-electron chi connectivity index (χ1n) is 9.80. The van der Waals surface area contributed by atoms with Crippen molar-refractivity contribution in [3.05, 3.63) is 64.8 Å². The van der Waals surface area contributed by atoms with Crippen LogP contribution < -0.4 is 5.32 Å². The summed E-state index contributed by atoms with van der Waals surface area (Å²) in [5.74, 6) is -0.471. The van der Waals surface area contributed by atoms with Gasteiger partial charge >= 0.3 is 0 Å². The number of amides is 1. The lowest BCUT2D eigenvalue weighted by Gasteiger charge is -2.02. The second-order valence-electron chi connectivity index (χ2n) is 7.04. The Labute approximate surface area is 204 Å². The number of aromatic amines is 1. The van der Waals surface area contributed by atoms with Crippen molar-refractivity contribution in [1.82, 2.24) is 25.1 Å². The molecule has 0 radical (unpaired) electrons.